The number of carbonyl (C=O) groups excluding carboxylic acids is 5. The van der Waals surface area contributed by atoms with Crippen LogP contribution in [0.25, 0.3) is 10.9 Å². The highest BCUT2D eigenvalue weighted by atomic mass is 16.2. The average Bonchev–Trinajstić information content (AvgIpc) is 3.46. The van der Waals surface area contributed by atoms with Crippen molar-refractivity contribution in [1.29, 1.82) is 0 Å². The first-order valence-corrected chi connectivity index (χ1v) is 14.7. The van der Waals surface area contributed by atoms with Crippen molar-refractivity contribution in [3.8, 4) is 0 Å². The van der Waals surface area contributed by atoms with Crippen LogP contribution in [0.3, 0.4) is 0 Å². The molecule has 0 aliphatic rings. The minimum absolute atomic E-state index is 0.129. The van der Waals surface area contributed by atoms with Crippen LogP contribution in [-0.2, 0) is 32.0 Å². The first-order valence-electron chi connectivity index (χ1n) is 14.7. The molecule has 5 N–H and O–H groups in total. The van der Waals surface area contributed by atoms with Crippen molar-refractivity contribution in [3.63, 3.8) is 0 Å². The molecular formula is C34H38N6O5. The van der Waals surface area contributed by atoms with Crippen LogP contribution >= 0.6 is 0 Å². The molecule has 0 aliphatic heterocycles. The monoisotopic (exact) mass is 610 g/mol. The van der Waals surface area contributed by atoms with Crippen LogP contribution in [-0.4, -0.2) is 78.2 Å². The number of nitrogens with one attached hydrogen (secondary N) is 5. The number of para-hydroxylation sites is 1. The highest BCUT2D eigenvalue weighted by molar-refractivity contribution is 5.98. The van der Waals surface area contributed by atoms with E-state index in [9.17, 15) is 24.0 Å². The third-order valence-corrected chi connectivity index (χ3v) is 7.29. The molecule has 0 aliphatic carbocycles. The van der Waals surface area contributed by atoms with E-state index in [0.29, 0.717) is 5.56 Å². The smallest absolute Gasteiger partial charge is 0.251 e. The highest BCUT2D eigenvalue weighted by Crippen LogP contribution is 2.19. The molecule has 0 spiro atoms. The number of aromatic nitrogens is 1. The number of hydrogen-bond donors (Lipinski definition) is 5. The van der Waals surface area contributed by atoms with Crippen molar-refractivity contribution in [2.45, 2.75) is 37.9 Å². The number of amides is 5. The lowest BCUT2D eigenvalue weighted by Gasteiger charge is -2.26. The zero-order valence-corrected chi connectivity index (χ0v) is 25.5. The zero-order valence-electron chi connectivity index (χ0n) is 25.5. The van der Waals surface area contributed by atoms with Gasteiger partial charge in [0.2, 0.25) is 23.6 Å². The molecule has 11 nitrogen and oxygen atoms in total. The van der Waals surface area contributed by atoms with Gasteiger partial charge < -0.3 is 31.2 Å². The summed E-state index contributed by atoms with van der Waals surface area (Å²) in [5.41, 5.74) is 2.94. The topological polar surface area (TPSA) is 152 Å². The van der Waals surface area contributed by atoms with Crippen molar-refractivity contribution in [2.75, 3.05) is 20.6 Å². The minimum atomic E-state index is -1.07. The maximum Gasteiger partial charge on any atom is 0.251 e. The summed E-state index contributed by atoms with van der Waals surface area (Å²) in [6.45, 7) is 1.15. The second-order valence-electron chi connectivity index (χ2n) is 10.9. The Hall–Kier alpha value is -5.45. The summed E-state index contributed by atoms with van der Waals surface area (Å²) in [4.78, 5) is 69.6. The standard InChI is InChI=1S/C34H38N6O5/c1-22(37-30(41)21-36-32(43)24-14-8-5-9-15-24)31(42)38-28(19-25-20-35-27-17-11-10-16-26(25)27)33(44)39-29(34(45)40(2)3)18-23-12-6-4-7-13-23/h4-17,20,22,28-29,35H,18-19,21H2,1-3H3,(H,36,43)(H,37,41)(H,38,42)(H,39,44)/t22-,28+,29-/m0/s1. The molecule has 11 heteroatoms. The van der Waals surface area contributed by atoms with E-state index in [1.807, 2.05) is 54.6 Å². The molecule has 0 radical (unpaired) electrons. The van der Waals surface area contributed by atoms with Gasteiger partial charge in [0.15, 0.2) is 0 Å². The Morgan fingerprint density at radius 2 is 1.36 bits per heavy atom. The number of carbonyl (C=O) groups is 5. The zero-order chi connectivity index (χ0) is 32.3. The Morgan fingerprint density at radius 3 is 2.04 bits per heavy atom. The van der Waals surface area contributed by atoms with Crippen LogP contribution in [0.2, 0.25) is 0 Å². The van der Waals surface area contributed by atoms with Crippen molar-refractivity contribution >= 4 is 40.4 Å². The van der Waals surface area contributed by atoms with Crippen LogP contribution in [0.4, 0.5) is 0 Å². The lowest BCUT2D eigenvalue weighted by molar-refractivity contribution is -0.136. The molecule has 0 saturated carbocycles. The largest absolute Gasteiger partial charge is 0.361 e. The Morgan fingerprint density at radius 1 is 0.733 bits per heavy atom. The van der Waals surface area contributed by atoms with Gasteiger partial charge >= 0.3 is 0 Å². The Labute approximate surface area is 261 Å². The summed E-state index contributed by atoms with van der Waals surface area (Å²) in [5.74, 6) is -2.42. The third kappa shape index (κ3) is 9.02. The molecule has 1 aromatic heterocycles. The molecule has 3 atom stereocenters. The van der Waals surface area contributed by atoms with Crippen LogP contribution in [0.15, 0.2) is 91.1 Å². The van der Waals surface area contributed by atoms with Gasteiger partial charge in [-0.2, -0.15) is 0 Å². The maximum atomic E-state index is 13.8. The number of hydrogen-bond acceptors (Lipinski definition) is 5. The maximum absolute atomic E-state index is 13.8. The number of fused-ring (bicyclic) bond motifs is 1. The molecule has 0 bridgehead atoms. The summed E-state index contributed by atoms with van der Waals surface area (Å²) in [6, 6.07) is 22.4. The summed E-state index contributed by atoms with van der Waals surface area (Å²) in [7, 11) is 3.23. The molecular weight excluding hydrogens is 572 g/mol. The Kier molecular flexibility index (Phi) is 11.1. The van der Waals surface area contributed by atoms with Crippen molar-refractivity contribution in [1.82, 2.24) is 31.2 Å². The summed E-state index contributed by atoms with van der Waals surface area (Å²) in [6.07, 6.45) is 2.17. The molecule has 234 valence electrons. The van der Waals surface area contributed by atoms with Gasteiger partial charge in [-0.1, -0.05) is 66.7 Å². The molecule has 45 heavy (non-hydrogen) atoms. The number of aromatic amines is 1. The molecule has 0 unspecified atom stereocenters. The van der Waals surface area contributed by atoms with E-state index in [1.54, 1.807) is 50.6 Å². The van der Waals surface area contributed by atoms with E-state index in [1.165, 1.54) is 11.8 Å². The summed E-state index contributed by atoms with van der Waals surface area (Å²) in [5, 5.41) is 11.6. The number of benzene rings is 3. The number of H-pyrrole nitrogens is 1. The van der Waals surface area contributed by atoms with E-state index >= 15 is 0 Å². The van der Waals surface area contributed by atoms with Gasteiger partial charge in [-0.05, 0) is 36.2 Å². The van der Waals surface area contributed by atoms with E-state index < -0.39 is 41.8 Å². The molecule has 0 fully saturated rings. The van der Waals surface area contributed by atoms with Crippen molar-refractivity contribution < 1.29 is 24.0 Å². The van der Waals surface area contributed by atoms with Gasteiger partial charge in [0.05, 0.1) is 6.54 Å². The SMILES string of the molecule is C[C@H](NC(=O)CNC(=O)c1ccccc1)C(=O)N[C@H](Cc1c[nH]c2ccccc12)C(=O)N[C@@H](Cc1ccccc1)C(=O)N(C)C. The van der Waals surface area contributed by atoms with Gasteiger partial charge in [0, 0.05) is 49.6 Å². The lowest BCUT2D eigenvalue weighted by atomic mass is 10.0. The van der Waals surface area contributed by atoms with Crippen LogP contribution < -0.4 is 21.3 Å². The van der Waals surface area contributed by atoms with Gasteiger partial charge in [-0.3, -0.25) is 24.0 Å². The average molecular weight is 611 g/mol. The van der Waals surface area contributed by atoms with Crippen LogP contribution in [0, 0.1) is 0 Å². The molecule has 0 saturated heterocycles. The predicted octanol–water partition coefficient (Wildman–Crippen LogP) is 1.95. The third-order valence-electron chi connectivity index (χ3n) is 7.29. The predicted molar refractivity (Wildman–Crippen MR) is 171 cm³/mol. The first kappa shape index (κ1) is 32.5. The van der Waals surface area contributed by atoms with E-state index in [4.69, 9.17) is 0 Å². The first-order chi connectivity index (χ1) is 21.6. The normalized spacial score (nSPS) is 12.8. The van der Waals surface area contributed by atoms with Gasteiger partial charge in [0.25, 0.3) is 5.91 Å². The van der Waals surface area contributed by atoms with Crippen molar-refractivity contribution in [2.24, 2.45) is 0 Å². The Bertz CT molecular complexity index is 1640. The fraction of sp³-hybridized carbons (Fsp3) is 0.265. The van der Waals surface area contributed by atoms with E-state index in [2.05, 4.69) is 26.3 Å². The van der Waals surface area contributed by atoms with Gasteiger partial charge in [-0.15, -0.1) is 0 Å². The van der Waals surface area contributed by atoms with E-state index in [0.717, 1.165) is 22.0 Å². The number of likely N-dealkylation sites (N-methyl/N-ethyl adjacent to an activating group) is 1. The molecule has 1 heterocycles. The van der Waals surface area contributed by atoms with Crippen LogP contribution in [0.5, 0.6) is 0 Å². The van der Waals surface area contributed by atoms with Crippen molar-refractivity contribution in [3.05, 3.63) is 108 Å². The summed E-state index contributed by atoms with van der Waals surface area (Å²) < 4.78 is 0. The second kappa shape index (κ2) is 15.3. The lowest BCUT2D eigenvalue weighted by Crippen LogP contribution is -2.57. The minimum Gasteiger partial charge on any atom is -0.361 e. The fourth-order valence-corrected chi connectivity index (χ4v) is 4.87. The Balaban J connectivity index is 1.47. The van der Waals surface area contributed by atoms with Gasteiger partial charge in [-0.25, -0.2) is 0 Å². The highest BCUT2D eigenvalue weighted by Gasteiger charge is 2.30. The fourth-order valence-electron chi connectivity index (χ4n) is 4.87. The molecule has 3 aromatic carbocycles. The molecule has 4 aromatic rings. The van der Waals surface area contributed by atoms with E-state index in [-0.39, 0.29) is 25.3 Å². The molecule has 4 rings (SSSR count). The number of nitrogens with zero attached hydrogens (tertiary/aromatic N) is 1. The van der Waals surface area contributed by atoms with Gasteiger partial charge in [0.1, 0.15) is 18.1 Å². The summed E-state index contributed by atoms with van der Waals surface area (Å²) >= 11 is 0. The number of rotatable bonds is 13. The van der Waals surface area contributed by atoms with Crippen LogP contribution in [0.1, 0.15) is 28.4 Å². The molecule has 5 amide bonds. The second-order valence-corrected chi connectivity index (χ2v) is 10.9. The quantitative estimate of drug-likeness (QED) is 0.157.